The summed E-state index contributed by atoms with van der Waals surface area (Å²) < 4.78 is 47.1. The number of H-pyrrole nitrogens is 1. The molecule has 0 aliphatic carbocycles. The Morgan fingerprint density at radius 1 is 1.12 bits per heavy atom. The number of hydrogen-bond acceptors (Lipinski definition) is 6. The Kier molecular flexibility index (Phi) is 5.90. The van der Waals surface area contributed by atoms with Crippen molar-refractivity contribution in [3.63, 3.8) is 0 Å². The zero-order chi connectivity index (χ0) is 23.8. The molecule has 0 radical (unpaired) electrons. The van der Waals surface area contributed by atoms with Crippen molar-refractivity contribution in [3.8, 4) is 17.6 Å². The second-order valence-corrected chi connectivity index (χ2v) is 7.22. The predicted molar refractivity (Wildman–Crippen MR) is 108 cm³/mol. The van der Waals surface area contributed by atoms with Gasteiger partial charge in [-0.15, -0.1) is 0 Å². The maximum atomic E-state index is 13.6. The topological polar surface area (TPSA) is 114 Å². The van der Waals surface area contributed by atoms with E-state index in [0.717, 1.165) is 10.9 Å². The lowest BCUT2D eigenvalue weighted by Gasteiger charge is -2.17. The molecule has 11 heteroatoms. The van der Waals surface area contributed by atoms with Crippen molar-refractivity contribution >= 4 is 0 Å². The first kappa shape index (κ1) is 22.7. The summed E-state index contributed by atoms with van der Waals surface area (Å²) in [6.45, 7) is 5.89. The van der Waals surface area contributed by atoms with Crippen molar-refractivity contribution in [2.45, 2.75) is 40.4 Å². The van der Waals surface area contributed by atoms with Gasteiger partial charge in [-0.2, -0.15) is 18.4 Å². The number of nitrogens with zero attached hydrogens (tertiary/aromatic N) is 4. The molecule has 2 aromatic heterocycles. The first-order valence-corrected chi connectivity index (χ1v) is 9.34. The van der Waals surface area contributed by atoms with Crippen LogP contribution in [0.3, 0.4) is 0 Å². The number of aromatic nitrogens is 4. The summed E-state index contributed by atoms with van der Waals surface area (Å²) in [4.78, 5) is 35.3. The van der Waals surface area contributed by atoms with Gasteiger partial charge in [-0.1, -0.05) is 0 Å². The molecule has 0 saturated heterocycles. The fourth-order valence-electron chi connectivity index (χ4n) is 3.26. The minimum Gasteiger partial charge on any atom is -0.449 e. The monoisotopic (exact) mass is 445 g/mol. The third-order valence-corrected chi connectivity index (χ3v) is 4.73. The standard InChI is InChI=1S/C21H18F3N5O3/c1-10-5-14(7-25)6-11(2)16(10)32-17-18(21(22,23)24)26-9-29(20(17)31)8-15-12(3)27-13(4)28-19(15)30/h5-6,9H,8H2,1-4H3,(H,27,28,30). The molecule has 32 heavy (non-hydrogen) atoms. The molecule has 0 saturated carbocycles. The fourth-order valence-corrected chi connectivity index (χ4v) is 3.26. The molecule has 3 rings (SSSR count). The van der Waals surface area contributed by atoms with Crippen molar-refractivity contribution in [2.24, 2.45) is 0 Å². The van der Waals surface area contributed by atoms with Crippen LogP contribution in [0.25, 0.3) is 0 Å². The summed E-state index contributed by atoms with van der Waals surface area (Å²) in [6, 6.07) is 4.82. The Hall–Kier alpha value is -3.94. The quantitative estimate of drug-likeness (QED) is 0.659. The third kappa shape index (κ3) is 4.39. The molecule has 166 valence electrons. The van der Waals surface area contributed by atoms with Crippen LogP contribution in [0.1, 0.15) is 39.5 Å². The van der Waals surface area contributed by atoms with Crippen LogP contribution in [-0.4, -0.2) is 19.5 Å². The molecular formula is C21H18F3N5O3. The first-order valence-electron chi connectivity index (χ1n) is 9.34. The Bertz CT molecular complexity index is 1340. The van der Waals surface area contributed by atoms with Gasteiger partial charge in [-0.3, -0.25) is 14.2 Å². The maximum absolute atomic E-state index is 13.6. The van der Waals surface area contributed by atoms with Gasteiger partial charge in [-0.05, 0) is 51.0 Å². The second kappa shape index (κ2) is 8.30. The lowest BCUT2D eigenvalue weighted by molar-refractivity contribution is -0.142. The summed E-state index contributed by atoms with van der Waals surface area (Å²) >= 11 is 0. The van der Waals surface area contributed by atoms with Crippen LogP contribution in [0.15, 0.2) is 28.0 Å². The first-order chi connectivity index (χ1) is 14.9. The molecule has 0 amide bonds. The van der Waals surface area contributed by atoms with Crippen LogP contribution in [0.5, 0.6) is 11.5 Å². The minimum absolute atomic E-state index is 0.0113. The van der Waals surface area contributed by atoms with Crippen molar-refractivity contribution < 1.29 is 17.9 Å². The molecule has 3 aromatic rings. The average Bonchev–Trinajstić information content (AvgIpc) is 2.68. The molecule has 2 heterocycles. The van der Waals surface area contributed by atoms with Gasteiger partial charge in [0.05, 0.1) is 30.1 Å². The second-order valence-electron chi connectivity index (χ2n) is 7.22. The molecule has 0 spiro atoms. The Morgan fingerprint density at radius 2 is 1.75 bits per heavy atom. The van der Waals surface area contributed by atoms with E-state index in [0.29, 0.717) is 28.2 Å². The van der Waals surface area contributed by atoms with E-state index in [1.54, 1.807) is 27.7 Å². The van der Waals surface area contributed by atoms with Crippen molar-refractivity contribution in [1.82, 2.24) is 19.5 Å². The van der Waals surface area contributed by atoms with Crippen LogP contribution in [0, 0.1) is 39.0 Å². The molecule has 0 atom stereocenters. The molecule has 0 aliphatic heterocycles. The highest BCUT2D eigenvalue weighted by molar-refractivity contribution is 5.49. The third-order valence-electron chi connectivity index (χ3n) is 4.73. The largest absolute Gasteiger partial charge is 0.449 e. The van der Waals surface area contributed by atoms with E-state index in [9.17, 15) is 22.8 Å². The zero-order valence-corrected chi connectivity index (χ0v) is 17.6. The van der Waals surface area contributed by atoms with E-state index >= 15 is 0 Å². The Labute approximate surface area is 180 Å². The highest BCUT2D eigenvalue weighted by Gasteiger charge is 2.39. The zero-order valence-electron chi connectivity index (χ0n) is 17.6. The van der Waals surface area contributed by atoms with Crippen LogP contribution >= 0.6 is 0 Å². The molecule has 0 unspecified atom stereocenters. The summed E-state index contributed by atoms with van der Waals surface area (Å²) in [5.74, 6) is -0.646. The average molecular weight is 445 g/mol. The number of ether oxygens (including phenoxy) is 1. The van der Waals surface area contributed by atoms with Gasteiger partial charge >= 0.3 is 6.18 Å². The van der Waals surface area contributed by atoms with E-state index in [2.05, 4.69) is 15.0 Å². The summed E-state index contributed by atoms with van der Waals surface area (Å²) in [6.07, 6.45) is -4.24. The Morgan fingerprint density at radius 3 is 2.28 bits per heavy atom. The van der Waals surface area contributed by atoms with Gasteiger partial charge in [0.2, 0.25) is 5.75 Å². The molecule has 1 aromatic carbocycles. The molecule has 0 fully saturated rings. The number of rotatable bonds is 4. The van der Waals surface area contributed by atoms with E-state index in [4.69, 9.17) is 10.00 Å². The van der Waals surface area contributed by atoms with Gasteiger partial charge in [-0.25, -0.2) is 9.97 Å². The van der Waals surface area contributed by atoms with Crippen LogP contribution in [0.4, 0.5) is 13.2 Å². The molecule has 1 N–H and O–H groups in total. The molecular weight excluding hydrogens is 427 g/mol. The number of alkyl halides is 3. The number of benzene rings is 1. The number of nitriles is 1. The van der Waals surface area contributed by atoms with E-state index in [1.165, 1.54) is 12.1 Å². The lowest BCUT2D eigenvalue weighted by Crippen LogP contribution is -2.29. The number of hydrogen-bond donors (Lipinski definition) is 1. The maximum Gasteiger partial charge on any atom is 0.437 e. The minimum atomic E-state index is -4.96. The summed E-state index contributed by atoms with van der Waals surface area (Å²) in [7, 11) is 0. The van der Waals surface area contributed by atoms with Crippen molar-refractivity contribution in [3.05, 3.63) is 78.6 Å². The van der Waals surface area contributed by atoms with Gasteiger partial charge in [0.25, 0.3) is 11.1 Å². The number of aryl methyl sites for hydroxylation is 4. The highest BCUT2D eigenvalue weighted by Crippen LogP contribution is 2.36. The van der Waals surface area contributed by atoms with Crippen LogP contribution in [0.2, 0.25) is 0 Å². The number of aromatic amines is 1. The molecule has 0 bridgehead atoms. The van der Waals surface area contributed by atoms with Crippen LogP contribution < -0.4 is 15.9 Å². The van der Waals surface area contributed by atoms with E-state index in [-0.39, 0.29) is 17.9 Å². The SMILES string of the molecule is Cc1nc(C)c(Cn2cnc(C(F)(F)F)c(Oc3c(C)cc(C#N)cc3C)c2=O)c(=O)[nH]1. The predicted octanol–water partition coefficient (Wildman–Crippen LogP) is 3.29. The molecule has 8 nitrogen and oxygen atoms in total. The lowest BCUT2D eigenvalue weighted by atomic mass is 10.1. The summed E-state index contributed by atoms with van der Waals surface area (Å²) in [5, 5.41) is 9.06. The van der Waals surface area contributed by atoms with Crippen molar-refractivity contribution in [2.75, 3.05) is 0 Å². The smallest absolute Gasteiger partial charge is 0.437 e. The summed E-state index contributed by atoms with van der Waals surface area (Å²) in [5.41, 5.74) is -1.63. The van der Waals surface area contributed by atoms with E-state index in [1.807, 2.05) is 6.07 Å². The van der Waals surface area contributed by atoms with Gasteiger partial charge in [0, 0.05) is 5.69 Å². The number of halogens is 3. The number of nitrogens with one attached hydrogen (secondary N) is 1. The van der Waals surface area contributed by atoms with Gasteiger partial charge in [0.15, 0.2) is 5.69 Å². The van der Waals surface area contributed by atoms with Gasteiger partial charge < -0.3 is 9.72 Å². The Balaban J connectivity index is 2.17. The molecule has 0 aliphatic rings. The fraction of sp³-hybridized carbons (Fsp3) is 0.286. The highest BCUT2D eigenvalue weighted by atomic mass is 19.4. The van der Waals surface area contributed by atoms with Crippen LogP contribution in [-0.2, 0) is 12.7 Å². The van der Waals surface area contributed by atoms with Gasteiger partial charge in [0.1, 0.15) is 11.6 Å². The normalized spacial score (nSPS) is 11.3. The van der Waals surface area contributed by atoms with Crippen molar-refractivity contribution in [1.29, 1.82) is 5.26 Å². The van der Waals surface area contributed by atoms with E-state index < -0.39 is 28.7 Å².